The molecule has 21 heavy (non-hydrogen) atoms. The van der Waals surface area contributed by atoms with Gasteiger partial charge in [0.05, 0.1) is 18.1 Å². The maximum Gasteiger partial charge on any atom is 0.306 e. The molecule has 1 aromatic rings. The average Bonchev–Trinajstić information content (AvgIpc) is 2.94. The third-order valence-electron chi connectivity index (χ3n) is 3.07. The molecule has 0 fully saturated rings. The first-order valence-corrected chi connectivity index (χ1v) is 7.27. The van der Waals surface area contributed by atoms with Crippen LogP contribution in [0.4, 0.5) is 0 Å². The first-order chi connectivity index (χ1) is 10.1. The largest absolute Gasteiger partial charge is 0.466 e. The van der Waals surface area contributed by atoms with E-state index >= 15 is 0 Å². The lowest BCUT2D eigenvalue weighted by Gasteiger charge is -2.05. The predicted molar refractivity (Wildman–Crippen MR) is 77.0 cm³/mol. The molecule has 0 bridgehead atoms. The Kier molecular flexibility index (Phi) is 5.44. The van der Waals surface area contributed by atoms with Gasteiger partial charge in [-0.1, -0.05) is 24.9 Å². The zero-order valence-corrected chi connectivity index (χ0v) is 12.6. The van der Waals surface area contributed by atoms with E-state index < -0.39 is 0 Å². The molecule has 0 radical (unpaired) electrons. The summed E-state index contributed by atoms with van der Waals surface area (Å²) in [7, 11) is 0. The Bertz CT molecular complexity index is 541. The van der Waals surface area contributed by atoms with E-state index in [4.69, 9.17) is 25.8 Å². The minimum Gasteiger partial charge on any atom is -0.466 e. The van der Waals surface area contributed by atoms with E-state index in [1.165, 1.54) is 6.07 Å². The lowest BCUT2D eigenvalue weighted by molar-refractivity contribution is -0.143. The summed E-state index contributed by atoms with van der Waals surface area (Å²) in [5.41, 5.74) is 0.408. The zero-order valence-electron chi connectivity index (χ0n) is 11.8. The quantitative estimate of drug-likeness (QED) is 0.439. The number of hydrogen-bond acceptors (Lipinski definition) is 5. The molecule has 1 aromatic carbocycles. The van der Waals surface area contributed by atoms with Crippen LogP contribution in [0, 0.1) is 0 Å². The van der Waals surface area contributed by atoms with Gasteiger partial charge in [-0.25, -0.2) is 0 Å². The zero-order chi connectivity index (χ0) is 15.2. The van der Waals surface area contributed by atoms with Crippen LogP contribution >= 0.6 is 11.6 Å². The van der Waals surface area contributed by atoms with Crippen molar-refractivity contribution in [3.05, 3.63) is 22.7 Å². The Morgan fingerprint density at radius 2 is 2.10 bits per heavy atom. The van der Waals surface area contributed by atoms with Crippen LogP contribution < -0.4 is 9.47 Å². The standard InChI is InChI=1S/C15H17ClO5/c1-2-3-6-19-14(18)5-4-12(17)10-7-11(16)15-13(8-10)20-9-21-15/h7-8H,2-6,9H2,1H3. The Morgan fingerprint density at radius 3 is 2.86 bits per heavy atom. The summed E-state index contributed by atoms with van der Waals surface area (Å²) in [5.74, 6) is 0.370. The summed E-state index contributed by atoms with van der Waals surface area (Å²) in [6.07, 6.45) is 1.94. The first kappa shape index (κ1) is 15.6. The number of fused-ring (bicyclic) bond motifs is 1. The lowest BCUT2D eigenvalue weighted by atomic mass is 10.1. The van der Waals surface area contributed by atoms with Gasteiger partial charge in [-0.15, -0.1) is 0 Å². The van der Waals surface area contributed by atoms with Crippen LogP contribution in [0.1, 0.15) is 43.0 Å². The minimum atomic E-state index is -0.358. The monoisotopic (exact) mass is 312 g/mol. The van der Waals surface area contributed by atoms with Crippen LogP contribution in [0.25, 0.3) is 0 Å². The number of Topliss-reactive ketones (excluding diaryl/α,β-unsaturated/α-hetero) is 1. The van der Waals surface area contributed by atoms with Crippen molar-refractivity contribution in [2.45, 2.75) is 32.6 Å². The summed E-state index contributed by atoms with van der Waals surface area (Å²) in [5, 5.41) is 0.332. The molecular weight excluding hydrogens is 296 g/mol. The van der Waals surface area contributed by atoms with E-state index in [0.29, 0.717) is 28.7 Å². The smallest absolute Gasteiger partial charge is 0.306 e. The van der Waals surface area contributed by atoms with Crippen molar-refractivity contribution in [3.63, 3.8) is 0 Å². The summed E-state index contributed by atoms with van der Waals surface area (Å²) in [6.45, 7) is 2.51. The lowest BCUT2D eigenvalue weighted by Crippen LogP contribution is -2.09. The molecule has 1 aliphatic heterocycles. The highest BCUT2D eigenvalue weighted by Crippen LogP contribution is 2.40. The summed E-state index contributed by atoms with van der Waals surface area (Å²) in [6, 6.07) is 3.11. The van der Waals surface area contributed by atoms with Crippen LogP contribution in [0.15, 0.2) is 12.1 Å². The van der Waals surface area contributed by atoms with Crippen molar-refractivity contribution in [2.75, 3.05) is 13.4 Å². The van der Waals surface area contributed by atoms with Crippen LogP contribution in [0.5, 0.6) is 11.5 Å². The molecule has 0 atom stereocenters. The van der Waals surface area contributed by atoms with E-state index in [9.17, 15) is 9.59 Å². The fraction of sp³-hybridized carbons (Fsp3) is 0.467. The molecule has 0 aliphatic carbocycles. The fourth-order valence-corrected chi connectivity index (χ4v) is 2.16. The van der Waals surface area contributed by atoms with Gasteiger partial charge >= 0.3 is 5.97 Å². The fourth-order valence-electron chi connectivity index (χ4n) is 1.89. The van der Waals surface area contributed by atoms with Gasteiger partial charge in [-0.05, 0) is 18.6 Å². The third kappa shape index (κ3) is 4.11. The second-order valence-electron chi connectivity index (χ2n) is 4.69. The molecule has 2 rings (SSSR count). The molecule has 0 N–H and O–H groups in total. The number of halogens is 1. The van der Waals surface area contributed by atoms with Crippen molar-refractivity contribution < 1.29 is 23.8 Å². The molecule has 0 amide bonds. The van der Waals surface area contributed by atoms with Crippen molar-refractivity contribution >= 4 is 23.4 Å². The number of hydrogen-bond donors (Lipinski definition) is 0. The van der Waals surface area contributed by atoms with Gasteiger partial charge < -0.3 is 14.2 Å². The van der Waals surface area contributed by atoms with Gasteiger partial charge in [0.2, 0.25) is 6.79 Å². The van der Waals surface area contributed by atoms with E-state index in [0.717, 1.165) is 12.8 Å². The molecule has 6 heteroatoms. The Hall–Kier alpha value is -1.75. The normalized spacial score (nSPS) is 12.3. The van der Waals surface area contributed by atoms with E-state index in [1.807, 2.05) is 6.92 Å². The number of carbonyl (C=O) groups is 2. The molecule has 0 saturated heterocycles. The topological polar surface area (TPSA) is 61.8 Å². The molecule has 0 unspecified atom stereocenters. The van der Waals surface area contributed by atoms with Gasteiger partial charge in [0.1, 0.15) is 0 Å². The van der Waals surface area contributed by atoms with Crippen molar-refractivity contribution in [3.8, 4) is 11.5 Å². The maximum absolute atomic E-state index is 12.1. The second-order valence-corrected chi connectivity index (χ2v) is 5.10. The third-order valence-corrected chi connectivity index (χ3v) is 3.35. The first-order valence-electron chi connectivity index (χ1n) is 6.89. The molecule has 0 aromatic heterocycles. The Balaban J connectivity index is 1.89. The summed E-state index contributed by atoms with van der Waals surface area (Å²) in [4.78, 5) is 23.5. The molecule has 1 heterocycles. The number of ketones is 1. The van der Waals surface area contributed by atoms with Crippen LogP contribution in [0.2, 0.25) is 5.02 Å². The van der Waals surface area contributed by atoms with Gasteiger partial charge in [-0.3, -0.25) is 9.59 Å². The van der Waals surface area contributed by atoms with Gasteiger partial charge in [0, 0.05) is 12.0 Å². The summed E-state index contributed by atoms with van der Waals surface area (Å²) < 4.78 is 15.4. The Morgan fingerprint density at radius 1 is 1.29 bits per heavy atom. The highest BCUT2D eigenvalue weighted by molar-refractivity contribution is 6.32. The van der Waals surface area contributed by atoms with Gasteiger partial charge in [0.25, 0.3) is 0 Å². The van der Waals surface area contributed by atoms with Gasteiger partial charge in [0.15, 0.2) is 17.3 Å². The second kappa shape index (κ2) is 7.31. The molecule has 114 valence electrons. The van der Waals surface area contributed by atoms with Crippen LogP contribution in [-0.2, 0) is 9.53 Å². The molecular formula is C15H17ClO5. The highest BCUT2D eigenvalue weighted by atomic mass is 35.5. The maximum atomic E-state index is 12.1. The van der Waals surface area contributed by atoms with Crippen molar-refractivity contribution in [2.24, 2.45) is 0 Å². The minimum absolute atomic E-state index is 0.0641. The SMILES string of the molecule is CCCCOC(=O)CCC(=O)c1cc(Cl)c2c(c1)OCO2. The molecule has 0 saturated carbocycles. The van der Waals surface area contributed by atoms with Gasteiger partial charge in [-0.2, -0.15) is 0 Å². The van der Waals surface area contributed by atoms with E-state index in [-0.39, 0.29) is 31.4 Å². The number of rotatable bonds is 7. The Labute approximate surface area is 128 Å². The number of unbranched alkanes of at least 4 members (excludes halogenated alkanes) is 1. The summed E-state index contributed by atoms with van der Waals surface area (Å²) >= 11 is 6.02. The molecule has 5 nitrogen and oxygen atoms in total. The number of benzene rings is 1. The number of esters is 1. The van der Waals surface area contributed by atoms with Crippen molar-refractivity contribution in [1.82, 2.24) is 0 Å². The van der Waals surface area contributed by atoms with Crippen LogP contribution in [-0.4, -0.2) is 25.2 Å². The number of carbonyl (C=O) groups excluding carboxylic acids is 2. The predicted octanol–water partition coefficient (Wildman–Crippen LogP) is 3.37. The van der Waals surface area contributed by atoms with Crippen LogP contribution in [0.3, 0.4) is 0 Å². The molecule has 1 aliphatic rings. The van der Waals surface area contributed by atoms with E-state index in [1.54, 1.807) is 6.07 Å². The number of ether oxygens (including phenoxy) is 3. The molecule has 0 spiro atoms. The van der Waals surface area contributed by atoms with E-state index in [2.05, 4.69) is 0 Å². The average molecular weight is 313 g/mol. The van der Waals surface area contributed by atoms with Crippen molar-refractivity contribution in [1.29, 1.82) is 0 Å². The highest BCUT2D eigenvalue weighted by Gasteiger charge is 2.21.